The van der Waals surface area contributed by atoms with Gasteiger partial charge in [0.15, 0.2) is 23.0 Å². The summed E-state index contributed by atoms with van der Waals surface area (Å²) in [6.45, 7) is 0. The first-order valence-corrected chi connectivity index (χ1v) is 11.3. The van der Waals surface area contributed by atoms with E-state index < -0.39 is 12.2 Å². The van der Waals surface area contributed by atoms with E-state index in [1.54, 1.807) is 26.4 Å². The van der Waals surface area contributed by atoms with Crippen LogP contribution in [-0.4, -0.2) is 50.2 Å². The second kappa shape index (κ2) is 9.33. The SMILES string of the molecule is COc1ccc(C2=NN3[C@@H](c4ccc(OC)c(OC)c4C(=O)O)Oc4ccccc4[C@@H]3C2)cc1OC. The molecule has 0 bridgehead atoms. The first kappa shape index (κ1) is 23.3. The van der Waals surface area contributed by atoms with E-state index in [9.17, 15) is 9.90 Å². The van der Waals surface area contributed by atoms with Gasteiger partial charge in [-0.1, -0.05) is 18.2 Å². The minimum Gasteiger partial charge on any atom is -0.493 e. The molecule has 0 spiro atoms. The van der Waals surface area contributed by atoms with Crippen molar-refractivity contribution in [3.05, 3.63) is 76.9 Å². The molecular formula is C27H26N2O7. The van der Waals surface area contributed by atoms with Crippen LogP contribution >= 0.6 is 0 Å². The van der Waals surface area contributed by atoms with Crippen molar-refractivity contribution in [3.8, 4) is 28.7 Å². The largest absolute Gasteiger partial charge is 0.493 e. The van der Waals surface area contributed by atoms with Gasteiger partial charge in [-0.05, 0) is 36.4 Å². The van der Waals surface area contributed by atoms with Gasteiger partial charge in [0.1, 0.15) is 11.3 Å². The van der Waals surface area contributed by atoms with Crippen LogP contribution in [0.1, 0.15) is 45.7 Å². The highest BCUT2D eigenvalue weighted by Gasteiger charge is 2.43. The number of ether oxygens (including phenoxy) is 5. The molecule has 2 aliphatic heterocycles. The molecule has 2 heterocycles. The number of nitrogens with zero attached hydrogens (tertiary/aromatic N) is 2. The Bertz CT molecular complexity index is 1350. The van der Waals surface area contributed by atoms with Gasteiger partial charge < -0.3 is 28.8 Å². The molecule has 2 atom stereocenters. The Morgan fingerprint density at radius 2 is 1.64 bits per heavy atom. The van der Waals surface area contributed by atoms with Gasteiger partial charge >= 0.3 is 5.97 Å². The van der Waals surface area contributed by atoms with Crippen LogP contribution in [0, 0.1) is 0 Å². The zero-order valence-electron chi connectivity index (χ0n) is 20.3. The fourth-order valence-corrected chi connectivity index (χ4v) is 4.80. The summed E-state index contributed by atoms with van der Waals surface area (Å²) < 4.78 is 28.0. The van der Waals surface area contributed by atoms with Crippen LogP contribution in [0.25, 0.3) is 0 Å². The lowest BCUT2D eigenvalue weighted by atomic mass is 9.95. The van der Waals surface area contributed by atoms with E-state index in [1.807, 2.05) is 47.5 Å². The minimum absolute atomic E-state index is 0.0326. The van der Waals surface area contributed by atoms with E-state index in [0.29, 0.717) is 35.0 Å². The number of carboxylic acid groups (broad SMARTS) is 1. The van der Waals surface area contributed by atoms with E-state index >= 15 is 0 Å². The lowest BCUT2D eigenvalue weighted by Gasteiger charge is -2.38. The molecular weight excluding hydrogens is 464 g/mol. The van der Waals surface area contributed by atoms with Gasteiger partial charge in [0.2, 0.25) is 6.23 Å². The highest BCUT2D eigenvalue weighted by atomic mass is 16.5. The summed E-state index contributed by atoms with van der Waals surface area (Å²) in [6, 6.07) is 16.6. The molecule has 5 rings (SSSR count). The molecule has 0 saturated heterocycles. The van der Waals surface area contributed by atoms with Crippen molar-refractivity contribution in [2.24, 2.45) is 5.10 Å². The molecule has 0 fully saturated rings. The molecule has 9 nitrogen and oxygen atoms in total. The molecule has 0 aliphatic carbocycles. The fraction of sp³-hybridized carbons (Fsp3) is 0.259. The quantitative estimate of drug-likeness (QED) is 0.511. The van der Waals surface area contributed by atoms with Crippen LogP contribution in [0.3, 0.4) is 0 Å². The van der Waals surface area contributed by atoms with Crippen LogP contribution in [0.2, 0.25) is 0 Å². The van der Waals surface area contributed by atoms with E-state index in [-0.39, 0.29) is 17.4 Å². The van der Waals surface area contributed by atoms with Crippen LogP contribution < -0.4 is 23.7 Å². The molecule has 2 aliphatic rings. The smallest absolute Gasteiger partial charge is 0.340 e. The number of carboxylic acids is 1. The van der Waals surface area contributed by atoms with E-state index in [2.05, 4.69) is 0 Å². The third kappa shape index (κ3) is 3.73. The Morgan fingerprint density at radius 1 is 0.917 bits per heavy atom. The molecule has 36 heavy (non-hydrogen) atoms. The Balaban J connectivity index is 1.65. The minimum atomic E-state index is -1.15. The number of fused-ring (bicyclic) bond motifs is 3. The molecule has 186 valence electrons. The van der Waals surface area contributed by atoms with E-state index in [1.165, 1.54) is 14.2 Å². The number of methoxy groups -OCH3 is 4. The first-order chi connectivity index (χ1) is 17.5. The van der Waals surface area contributed by atoms with Crippen molar-refractivity contribution in [1.82, 2.24) is 5.01 Å². The van der Waals surface area contributed by atoms with Crippen molar-refractivity contribution >= 4 is 11.7 Å². The summed E-state index contributed by atoms with van der Waals surface area (Å²) in [6.07, 6.45) is -0.198. The molecule has 0 saturated carbocycles. The van der Waals surface area contributed by atoms with Gasteiger partial charge in [0.05, 0.1) is 40.2 Å². The lowest BCUT2D eigenvalue weighted by molar-refractivity contribution is -0.0199. The van der Waals surface area contributed by atoms with Crippen molar-refractivity contribution in [2.45, 2.75) is 18.7 Å². The van der Waals surface area contributed by atoms with Gasteiger partial charge in [-0.25, -0.2) is 9.80 Å². The Kier molecular flexibility index (Phi) is 6.05. The number of rotatable bonds is 7. The average Bonchev–Trinajstić information content (AvgIpc) is 3.37. The van der Waals surface area contributed by atoms with Crippen molar-refractivity contribution in [1.29, 1.82) is 0 Å². The predicted octanol–water partition coefficient (Wildman–Crippen LogP) is 4.66. The third-order valence-corrected chi connectivity index (χ3v) is 6.47. The summed E-state index contributed by atoms with van der Waals surface area (Å²) in [7, 11) is 6.06. The van der Waals surface area contributed by atoms with E-state index in [4.69, 9.17) is 28.8 Å². The maximum absolute atomic E-state index is 12.4. The number of aromatic carboxylic acids is 1. The Labute approximate surface area is 208 Å². The maximum Gasteiger partial charge on any atom is 0.340 e. The molecule has 3 aromatic rings. The number of carbonyl (C=O) groups is 1. The predicted molar refractivity (Wildman–Crippen MR) is 132 cm³/mol. The molecule has 0 amide bonds. The molecule has 1 N–H and O–H groups in total. The number of hydrogen-bond acceptors (Lipinski definition) is 8. The summed E-state index contributed by atoms with van der Waals surface area (Å²) in [5, 5.41) is 16.9. The molecule has 0 radical (unpaired) electrons. The summed E-state index contributed by atoms with van der Waals surface area (Å²) in [5.41, 5.74) is 3.06. The zero-order valence-corrected chi connectivity index (χ0v) is 20.3. The van der Waals surface area contributed by atoms with E-state index in [0.717, 1.165) is 16.8 Å². The van der Waals surface area contributed by atoms with Gasteiger partial charge in [-0.3, -0.25) is 0 Å². The third-order valence-electron chi connectivity index (χ3n) is 6.47. The summed E-state index contributed by atoms with van der Waals surface area (Å²) in [4.78, 5) is 12.4. The lowest BCUT2D eigenvalue weighted by Crippen LogP contribution is -2.34. The normalized spacial score (nSPS) is 17.9. The second-order valence-electron chi connectivity index (χ2n) is 8.29. The first-order valence-electron chi connectivity index (χ1n) is 11.3. The Morgan fingerprint density at radius 3 is 2.33 bits per heavy atom. The van der Waals surface area contributed by atoms with Gasteiger partial charge in [-0.15, -0.1) is 0 Å². The van der Waals surface area contributed by atoms with Crippen LogP contribution in [0.4, 0.5) is 0 Å². The molecule has 9 heteroatoms. The molecule has 3 aromatic carbocycles. The van der Waals surface area contributed by atoms with Crippen molar-refractivity contribution in [3.63, 3.8) is 0 Å². The highest BCUT2D eigenvalue weighted by Crippen LogP contribution is 2.49. The van der Waals surface area contributed by atoms with Crippen molar-refractivity contribution < 1.29 is 33.6 Å². The number of hydrogen-bond donors (Lipinski definition) is 1. The second-order valence-corrected chi connectivity index (χ2v) is 8.29. The monoisotopic (exact) mass is 490 g/mol. The average molecular weight is 491 g/mol. The van der Waals surface area contributed by atoms with Gasteiger partial charge in [0, 0.05) is 23.1 Å². The number of hydrazone groups is 1. The number of benzene rings is 3. The number of para-hydroxylation sites is 1. The standard InChI is InChI=1S/C27H26N2O7/c1-32-21-11-9-15(13-23(21)34-3)18-14-19-16-7-5-6-8-20(16)36-26(29(19)28-18)17-10-12-22(33-2)25(35-4)24(17)27(30)31/h5-13,19,26H,14H2,1-4H3,(H,30,31)/t19-,26+/m0/s1. The molecule has 0 aromatic heterocycles. The summed E-state index contributed by atoms with van der Waals surface area (Å²) >= 11 is 0. The van der Waals surface area contributed by atoms with Crippen LogP contribution in [-0.2, 0) is 0 Å². The fourth-order valence-electron chi connectivity index (χ4n) is 4.80. The van der Waals surface area contributed by atoms with Crippen LogP contribution in [0.15, 0.2) is 59.7 Å². The van der Waals surface area contributed by atoms with Gasteiger partial charge in [-0.2, -0.15) is 5.10 Å². The molecule has 0 unspecified atom stereocenters. The van der Waals surface area contributed by atoms with Crippen LogP contribution in [0.5, 0.6) is 28.7 Å². The highest BCUT2D eigenvalue weighted by molar-refractivity contribution is 6.02. The topological polar surface area (TPSA) is 99.1 Å². The Hall–Kier alpha value is -4.40. The van der Waals surface area contributed by atoms with Crippen molar-refractivity contribution in [2.75, 3.05) is 28.4 Å². The van der Waals surface area contributed by atoms with Gasteiger partial charge in [0.25, 0.3) is 0 Å². The summed E-state index contributed by atoms with van der Waals surface area (Å²) in [5.74, 6) is 1.21. The maximum atomic E-state index is 12.4. The zero-order chi connectivity index (χ0) is 25.4.